The van der Waals surface area contributed by atoms with Gasteiger partial charge in [0.05, 0.1) is 5.56 Å². The Kier molecular flexibility index (Phi) is 4.30. The average Bonchev–Trinajstić information content (AvgIpc) is 2.39. The number of piperidine rings is 1. The molecule has 1 aromatic rings. The van der Waals surface area contributed by atoms with E-state index < -0.39 is 0 Å². The SMILES string of the molecule is CCCC1CCCCN1C(=O)c1ccc(O)cc1O. The third-order valence-electron chi connectivity index (χ3n) is 3.72. The predicted molar refractivity (Wildman–Crippen MR) is 73.4 cm³/mol. The van der Waals surface area contributed by atoms with Gasteiger partial charge in [0.1, 0.15) is 11.5 Å². The molecule has 19 heavy (non-hydrogen) atoms. The average molecular weight is 263 g/mol. The summed E-state index contributed by atoms with van der Waals surface area (Å²) in [6, 6.07) is 4.42. The van der Waals surface area contributed by atoms with Crippen LogP contribution in [0.2, 0.25) is 0 Å². The van der Waals surface area contributed by atoms with E-state index in [0.29, 0.717) is 0 Å². The van der Waals surface area contributed by atoms with Gasteiger partial charge in [-0.3, -0.25) is 4.79 Å². The first-order valence-corrected chi connectivity index (χ1v) is 6.96. The van der Waals surface area contributed by atoms with E-state index in [9.17, 15) is 15.0 Å². The molecule has 2 rings (SSSR count). The first-order chi connectivity index (χ1) is 9.13. The Morgan fingerprint density at radius 3 is 2.84 bits per heavy atom. The topological polar surface area (TPSA) is 60.8 Å². The summed E-state index contributed by atoms with van der Waals surface area (Å²) in [4.78, 5) is 14.4. The second-order valence-corrected chi connectivity index (χ2v) is 5.14. The normalized spacial score (nSPS) is 19.4. The van der Waals surface area contributed by atoms with Gasteiger partial charge in [-0.2, -0.15) is 0 Å². The van der Waals surface area contributed by atoms with Gasteiger partial charge in [-0.05, 0) is 37.8 Å². The molecule has 104 valence electrons. The largest absolute Gasteiger partial charge is 0.508 e. The van der Waals surface area contributed by atoms with Gasteiger partial charge in [0.2, 0.25) is 0 Å². The standard InChI is InChI=1S/C15H21NO3/c1-2-5-11-6-3-4-9-16(11)15(19)13-8-7-12(17)10-14(13)18/h7-8,10-11,17-18H,2-6,9H2,1H3. The van der Waals surface area contributed by atoms with Crippen LogP contribution < -0.4 is 0 Å². The number of benzene rings is 1. The molecule has 2 N–H and O–H groups in total. The van der Waals surface area contributed by atoms with E-state index in [0.717, 1.165) is 38.6 Å². The minimum Gasteiger partial charge on any atom is -0.508 e. The molecule has 4 nitrogen and oxygen atoms in total. The number of carbonyl (C=O) groups is 1. The van der Waals surface area contributed by atoms with Gasteiger partial charge in [-0.15, -0.1) is 0 Å². The van der Waals surface area contributed by atoms with Crippen LogP contribution in [0, 0.1) is 0 Å². The van der Waals surface area contributed by atoms with Crippen molar-refractivity contribution in [3.8, 4) is 11.5 Å². The number of hydrogen-bond acceptors (Lipinski definition) is 3. The maximum Gasteiger partial charge on any atom is 0.257 e. The number of amides is 1. The predicted octanol–water partition coefficient (Wildman–Crippen LogP) is 2.89. The van der Waals surface area contributed by atoms with Crippen LogP contribution >= 0.6 is 0 Å². The van der Waals surface area contributed by atoms with Gasteiger partial charge in [0.25, 0.3) is 5.91 Å². The third kappa shape index (κ3) is 3.00. The summed E-state index contributed by atoms with van der Waals surface area (Å²) < 4.78 is 0. The Morgan fingerprint density at radius 2 is 2.16 bits per heavy atom. The van der Waals surface area contributed by atoms with Crippen LogP contribution in [0.25, 0.3) is 0 Å². The number of nitrogens with zero attached hydrogens (tertiary/aromatic N) is 1. The fourth-order valence-electron chi connectivity index (χ4n) is 2.76. The highest BCUT2D eigenvalue weighted by atomic mass is 16.3. The van der Waals surface area contributed by atoms with Crippen LogP contribution in [0.1, 0.15) is 49.4 Å². The van der Waals surface area contributed by atoms with Gasteiger partial charge in [-0.1, -0.05) is 13.3 Å². The summed E-state index contributed by atoms with van der Waals surface area (Å²) in [5, 5.41) is 19.1. The Balaban J connectivity index is 2.21. The molecule has 1 amide bonds. The molecule has 1 heterocycles. The van der Waals surface area contributed by atoms with Gasteiger partial charge < -0.3 is 15.1 Å². The number of likely N-dealkylation sites (tertiary alicyclic amines) is 1. The molecule has 1 saturated heterocycles. The molecule has 0 saturated carbocycles. The molecule has 0 bridgehead atoms. The zero-order chi connectivity index (χ0) is 13.8. The summed E-state index contributed by atoms with van der Waals surface area (Å²) in [6.45, 7) is 2.87. The molecule has 0 spiro atoms. The maximum atomic E-state index is 12.5. The van der Waals surface area contributed by atoms with Crippen molar-refractivity contribution in [2.45, 2.75) is 45.1 Å². The van der Waals surface area contributed by atoms with E-state index in [4.69, 9.17) is 0 Å². The van der Waals surface area contributed by atoms with Crippen molar-refractivity contribution in [2.75, 3.05) is 6.54 Å². The van der Waals surface area contributed by atoms with E-state index in [1.54, 1.807) is 0 Å². The molecule has 4 heteroatoms. The highest BCUT2D eigenvalue weighted by Gasteiger charge is 2.28. The Morgan fingerprint density at radius 1 is 1.37 bits per heavy atom. The lowest BCUT2D eigenvalue weighted by Gasteiger charge is -2.36. The molecule has 1 aromatic carbocycles. The monoisotopic (exact) mass is 263 g/mol. The Labute approximate surface area is 113 Å². The number of hydrogen-bond donors (Lipinski definition) is 2. The highest BCUT2D eigenvalue weighted by molar-refractivity contribution is 5.97. The molecule has 1 fully saturated rings. The Bertz CT molecular complexity index is 457. The van der Waals surface area contributed by atoms with Gasteiger partial charge in [0.15, 0.2) is 0 Å². The van der Waals surface area contributed by atoms with E-state index in [2.05, 4.69) is 6.92 Å². The van der Waals surface area contributed by atoms with Crippen molar-refractivity contribution in [3.63, 3.8) is 0 Å². The molecular weight excluding hydrogens is 242 g/mol. The number of rotatable bonds is 3. The van der Waals surface area contributed by atoms with E-state index >= 15 is 0 Å². The van der Waals surface area contributed by atoms with Crippen LogP contribution in [-0.4, -0.2) is 33.6 Å². The summed E-state index contributed by atoms with van der Waals surface area (Å²) in [6.07, 6.45) is 5.28. The van der Waals surface area contributed by atoms with Crippen LogP contribution in [0.15, 0.2) is 18.2 Å². The molecule has 1 aliphatic heterocycles. The summed E-state index contributed by atoms with van der Waals surface area (Å²) in [7, 11) is 0. The van der Waals surface area contributed by atoms with Crippen LogP contribution in [0.3, 0.4) is 0 Å². The maximum absolute atomic E-state index is 12.5. The first-order valence-electron chi connectivity index (χ1n) is 6.96. The third-order valence-corrected chi connectivity index (χ3v) is 3.72. The van der Waals surface area contributed by atoms with Crippen molar-refractivity contribution >= 4 is 5.91 Å². The van der Waals surface area contributed by atoms with Crippen LogP contribution in [0.5, 0.6) is 11.5 Å². The number of phenolic OH excluding ortho intramolecular Hbond substituents is 2. The lowest BCUT2D eigenvalue weighted by Crippen LogP contribution is -2.43. The number of aromatic hydroxyl groups is 2. The zero-order valence-corrected chi connectivity index (χ0v) is 11.3. The van der Waals surface area contributed by atoms with Crippen molar-refractivity contribution in [1.29, 1.82) is 0 Å². The second-order valence-electron chi connectivity index (χ2n) is 5.14. The first kappa shape index (κ1) is 13.7. The van der Waals surface area contributed by atoms with E-state index in [1.165, 1.54) is 18.2 Å². The quantitative estimate of drug-likeness (QED) is 0.881. The van der Waals surface area contributed by atoms with Crippen molar-refractivity contribution < 1.29 is 15.0 Å². The smallest absolute Gasteiger partial charge is 0.257 e. The van der Waals surface area contributed by atoms with Crippen molar-refractivity contribution in [2.24, 2.45) is 0 Å². The van der Waals surface area contributed by atoms with Crippen LogP contribution in [-0.2, 0) is 0 Å². The van der Waals surface area contributed by atoms with E-state index in [1.807, 2.05) is 4.90 Å². The fraction of sp³-hybridized carbons (Fsp3) is 0.533. The molecule has 1 atom stereocenters. The second kappa shape index (κ2) is 5.95. The van der Waals surface area contributed by atoms with E-state index in [-0.39, 0.29) is 29.0 Å². The van der Waals surface area contributed by atoms with Gasteiger partial charge >= 0.3 is 0 Å². The molecular formula is C15H21NO3. The summed E-state index contributed by atoms with van der Waals surface area (Å²) >= 11 is 0. The summed E-state index contributed by atoms with van der Waals surface area (Å²) in [5.74, 6) is -0.306. The minimum atomic E-state index is -0.147. The molecule has 0 aromatic heterocycles. The summed E-state index contributed by atoms with van der Waals surface area (Å²) in [5.41, 5.74) is 0.279. The molecule has 1 aliphatic rings. The Hall–Kier alpha value is -1.71. The van der Waals surface area contributed by atoms with Crippen LogP contribution in [0.4, 0.5) is 0 Å². The van der Waals surface area contributed by atoms with Gasteiger partial charge in [-0.25, -0.2) is 0 Å². The molecule has 0 radical (unpaired) electrons. The molecule has 0 aliphatic carbocycles. The highest BCUT2D eigenvalue weighted by Crippen LogP contribution is 2.28. The minimum absolute atomic E-state index is 0.0298. The zero-order valence-electron chi connectivity index (χ0n) is 11.3. The van der Waals surface area contributed by atoms with Crippen molar-refractivity contribution in [1.82, 2.24) is 4.90 Å². The number of phenols is 2. The number of carbonyl (C=O) groups excluding carboxylic acids is 1. The lowest BCUT2D eigenvalue weighted by molar-refractivity contribution is 0.0597. The molecule has 1 unspecified atom stereocenters. The lowest BCUT2D eigenvalue weighted by atomic mass is 9.97. The fourth-order valence-corrected chi connectivity index (χ4v) is 2.76. The van der Waals surface area contributed by atoms with Crippen molar-refractivity contribution in [3.05, 3.63) is 23.8 Å². The van der Waals surface area contributed by atoms with Gasteiger partial charge in [0, 0.05) is 18.7 Å².